The first-order chi connectivity index (χ1) is 11.1. The van der Waals surface area contributed by atoms with E-state index in [-0.39, 0.29) is 11.9 Å². The molecule has 1 unspecified atom stereocenters. The number of fused-ring (bicyclic) bond motifs is 1. The van der Waals surface area contributed by atoms with E-state index in [0.29, 0.717) is 12.2 Å². The SMILES string of the molecule is CC(Cc1ccc(N)cc1)C(=O)Oc1cccc2ccccc12. The quantitative estimate of drug-likeness (QED) is 0.446. The Morgan fingerprint density at radius 2 is 1.70 bits per heavy atom. The van der Waals surface area contributed by atoms with Gasteiger partial charge in [0.1, 0.15) is 5.75 Å². The lowest BCUT2D eigenvalue weighted by molar-refractivity contribution is -0.138. The predicted molar refractivity (Wildman–Crippen MR) is 93.3 cm³/mol. The molecule has 0 heterocycles. The summed E-state index contributed by atoms with van der Waals surface area (Å²) in [7, 11) is 0. The van der Waals surface area contributed by atoms with Gasteiger partial charge in [-0.25, -0.2) is 0 Å². The first-order valence-electron chi connectivity index (χ1n) is 7.67. The highest BCUT2D eigenvalue weighted by Gasteiger charge is 2.17. The van der Waals surface area contributed by atoms with E-state index in [0.717, 1.165) is 22.0 Å². The largest absolute Gasteiger partial charge is 0.426 e. The van der Waals surface area contributed by atoms with Gasteiger partial charge in [0.2, 0.25) is 0 Å². The molecule has 0 saturated carbocycles. The molecule has 0 aliphatic carbocycles. The van der Waals surface area contributed by atoms with Gasteiger partial charge in [0, 0.05) is 11.1 Å². The number of carbonyl (C=O) groups excluding carboxylic acids is 1. The second kappa shape index (κ2) is 6.53. The molecule has 2 N–H and O–H groups in total. The van der Waals surface area contributed by atoms with Crippen molar-refractivity contribution in [2.24, 2.45) is 5.92 Å². The average Bonchev–Trinajstić information content (AvgIpc) is 2.57. The maximum Gasteiger partial charge on any atom is 0.314 e. The van der Waals surface area contributed by atoms with E-state index in [1.807, 2.05) is 73.7 Å². The van der Waals surface area contributed by atoms with Gasteiger partial charge in [0.15, 0.2) is 0 Å². The van der Waals surface area contributed by atoms with Gasteiger partial charge in [-0.1, -0.05) is 55.5 Å². The monoisotopic (exact) mass is 305 g/mol. The van der Waals surface area contributed by atoms with Crippen molar-refractivity contribution in [2.45, 2.75) is 13.3 Å². The molecule has 0 aliphatic rings. The fourth-order valence-corrected chi connectivity index (χ4v) is 2.58. The van der Waals surface area contributed by atoms with Crippen LogP contribution in [0.15, 0.2) is 66.7 Å². The normalized spacial score (nSPS) is 12.0. The van der Waals surface area contributed by atoms with Crippen LogP contribution in [0.4, 0.5) is 5.69 Å². The van der Waals surface area contributed by atoms with Crippen LogP contribution in [0.25, 0.3) is 10.8 Å². The molecule has 0 aliphatic heterocycles. The molecule has 0 spiro atoms. The minimum absolute atomic E-state index is 0.224. The van der Waals surface area contributed by atoms with Crippen LogP contribution in [0.5, 0.6) is 5.75 Å². The Morgan fingerprint density at radius 1 is 1.00 bits per heavy atom. The molecule has 0 saturated heterocycles. The summed E-state index contributed by atoms with van der Waals surface area (Å²) in [6, 6.07) is 21.2. The summed E-state index contributed by atoms with van der Waals surface area (Å²) in [5, 5.41) is 2.01. The highest BCUT2D eigenvalue weighted by Crippen LogP contribution is 2.26. The Kier molecular flexibility index (Phi) is 4.29. The van der Waals surface area contributed by atoms with Gasteiger partial charge in [-0.2, -0.15) is 0 Å². The van der Waals surface area contributed by atoms with Crippen LogP contribution in [0.1, 0.15) is 12.5 Å². The van der Waals surface area contributed by atoms with Crippen LogP contribution in [-0.4, -0.2) is 5.97 Å². The number of rotatable bonds is 4. The molecule has 0 amide bonds. The van der Waals surface area contributed by atoms with Gasteiger partial charge in [-0.05, 0) is 35.6 Å². The Bertz CT molecular complexity index is 819. The Balaban J connectivity index is 1.74. The number of benzene rings is 3. The third-order valence-corrected chi connectivity index (χ3v) is 3.88. The zero-order valence-corrected chi connectivity index (χ0v) is 13.0. The number of esters is 1. The minimum Gasteiger partial charge on any atom is -0.426 e. The van der Waals surface area contributed by atoms with E-state index in [1.54, 1.807) is 0 Å². The number of hydrogen-bond acceptors (Lipinski definition) is 3. The first-order valence-corrected chi connectivity index (χ1v) is 7.67. The molecule has 3 rings (SSSR count). The minimum atomic E-state index is -0.224. The van der Waals surface area contributed by atoms with Crippen molar-refractivity contribution >= 4 is 22.4 Å². The summed E-state index contributed by atoms with van der Waals surface area (Å²) < 4.78 is 5.62. The van der Waals surface area contributed by atoms with E-state index in [2.05, 4.69) is 0 Å². The fourth-order valence-electron chi connectivity index (χ4n) is 2.58. The fraction of sp³-hybridized carbons (Fsp3) is 0.150. The number of carbonyl (C=O) groups is 1. The third-order valence-electron chi connectivity index (χ3n) is 3.88. The second-order valence-corrected chi connectivity index (χ2v) is 5.75. The summed E-state index contributed by atoms with van der Waals surface area (Å²) in [5.74, 6) is 0.160. The molecule has 3 heteroatoms. The molecule has 0 bridgehead atoms. The number of ether oxygens (including phenoxy) is 1. The second-order valence-electron chi connectivity index (χ2n) is 5.75. The number of nitrogens with two attached hydrogens (primary N) is 1. The maximum atomic E-state index is 12.4. The molecule has 3 aromatic rings. The van der Waals surface area contributed by atoms with Gasteiger partial charge in [0.05, 0.1) is 5.92 Å². The topological polar surface area (TPSA) is 52.3 Å². The smallest absolute Gasteiger partial charge is 0.314 e. The van der Waals surface area contributed by atoms with Crippen LogP contribution in [0.2, 0.25) is 0 Å². The van der Waals surface area contributed by atoms with Crippen molar-refractivity contribution in [1.82, 2.24) is 0 Å². The number of anilines is 1. The van der Waals surface area contributed by atoms with Gasteiger partial charge in [0.25, 0.3) is 0 Å². The molecule has 116 valence electrons. The first kappa shape index (κ1) is 15.1. The van der Waals surface area contributed by atoms with E-state index in [4.69, 9.17) is 10.5 Å². The Hall–Kier alpha value is -2.81. The van der Waals surface area contributed by atoms with E-state index >= 15 is 0 Å². The van der Waals surface area contributed by atoms with Gasteiger partial charge in [-0.15, -0.1) is 0 Å². The molecule has 23 heavy (non-hydrogen) atoms. The lowest BCUT2D eigenvalue weighted by Crippen LogP contribution is -2.20. The van der Waals surface area contributed by atoms with Crippen molar-refractivity contribution < 1.29 is 9.53 Å². The molecule has 3 nitrogen and oxygen atoms in total. The van der Waals surface area contributed by atoms with Gasteiger partial charge < -0.3 is 10.5 Å². The molecule has 0 aromatic heterocycles. The lowest BCUT2D eigenvalue weighted by atomic mass is 10.0. The van der Waals surface area contributed by atoms with E-state index in [9.17, 15) is 4.79 Å². The summed E-state index contributed by atoms with van der Waals surface area (Å²) in [4.78, 5) is 12.4. The number of hydrogen-bond donors (Lipinski definition) is 1. The van der Waals surface area contributed by atoms with Crippen molar-refractivity contribution in [3.05, 3.63) is 72.3 Å². The Labute approximate surface area is 135 Å². The molecular formula is C20H19NO2. The standard InChI is InChI=1S/C20H19NO2/c1-14(13-15-9-11-17(21)12-10-15)20(22)23-19-8-4-6-16-5-2-3-7-18(16)19/h2-12,14H,13,21H2,1H3. The van der Waals surface area contributed by atoms with Crippen LogP contribution in [-0.2, 0) is 11.2 Å². The molecule has 3 aromatic carbocycles. The highest BCUT2D eigenvalue weighted by molar-refractivity contribution is 5.90. The lowest BCUT2D eigenvalue weighted by Gasteiger charge is -2.13. The van der Waals surface area contributed by atoms with E-state index in [1.165, 1.54) is 0 Å². The van der Waals surface area contributed by atoms with E-state index < -0.39 is 0 Å². The van der Waals surface area contributed by atoms with Crippen LogP contribution in [0, 0.1) is 5.92 Å². The highest BCUT2D eigenvalue weighted by atomic mass is 16.5. The van der Waals surface area contributed by atoms with Crippen molar-refractivity contribution in [3.63, 3.8) is 0 Å². The van der Waals surface area contributed by atoms with Gasteiger partial charge in [-0.3, -0.25) is 4.79 Å². The van der Waals surface area contributed by atoms with Crippen LogP contribution < -0.4 is 10.5 Å². The van der Waals surface area contributed by atoms with Crippen molar-refractivity contribution in [3.8, 4) is 5.75 Å². The molecule has 0 fully saturated rings. The third kappa shape index (κ3) is 3.51. The zero-order chi connectivity index (χ0) is 16.2. The molecular weight excluding hydrogens is 286 g/mol. The Morgan fingerprint density at radius 3 is 2.48 bits per heavy atom. The molecule has 0 radical (unpaired) electrons. The van der Waals surface area contributed by atoms with Crippen LogP contribution >= 0.6 is 0 Å². The summed E-state index contributed by atoms with van der Waals surface area (Å²) in [6.45, 7) is 1.88. The average molecular weight is 305 g/mol. The number of nitrogen functional groups attached to an aromatic ring is 1. The van der Waals surface area contributed by atoms with Crippen molar-refractivity contribution in [1.29, 1.82) is 0 Å². The summed E-state index contributed by atoms with van der Waals surface area (Å²) >= 11 is 0. The molecule has 1 atom stereocenters. The van der Waals surface area contributed by atoms with Gasteiger partial charge >= 0.3 is 5.97 Å². The summed E-state index contributed by atoms with van der Waals surface area (Å²) in [6.07, 6.45) is 0.629. The van der Waals surface area contributed by atoms with Crippen LogP contribution in [0.3, 0.4) is 0 Å². The van der Waals surface area contributed by atoms with Crippen molar-refractivity contribution in [2.75, 3.05) is 5.73 Å². The zero-order valence-electron chi connectivity index (χ0n) is 13.0. The summed E-state index contributed by atoms with van der Waals surface area (Å²) in [5.41, 5.74) is 7.47. The maximum absolute atomic E-state index is 12.4. The predicted octanol–water partition coefficient (Wildman–Crippen LogP) is 4.21.